The first kappa shape index (κ1) is 19.8. The molecule has 1 saturated carbocycles. The predicted molar refractivity (Wildman–Crippen MR) is 109 cm³/mol. The monoisotopic (exact) mass is 405 g/mol. The van der Waals surface area contributed by atoms with Gasteiger partial charge in [0, 0.05) is 28.4 Å². The Morgan fingerprint density at radius 2 is 1.81 bits per heavy atom. The van der Waals surface area contributed by atoms with Gasteiger partial charge in [0.05, 0.1) is 5.69 Å². The third-order valence-electron chi connectivity index (χ3n) is 4.71. The van der Waals surface area contributed by atoms with Crippen LogP contribution in [0.1, 0.15) is 61.0 Å². The molecule has 2 aromatic rings. The van der Waals surface area contributed by atoms with Gasteiger partial charge in [-0.3, -0.25) is 14.9 Å². The maximum Gasteiger partial charge on any atom is 0.257 e. The summed E-state index contributed by atoms with van der Waals surface area (Å²) in [7, 11) is 0. The van der Waals surface area contributed by atoms with Gasteiger partial charge >= 0.3 is 0 Å². The number of halogens is 1. The van der Waals surface area contributed by atoms with Gasteiger partial charge in [-0.15, -0.1) is 11.3 Å². The van der Waals surface area contributed by atoms with E-state index in [1.807, 2.05) is 5.38 Å². The molecule has 1 aliphatic carbocycles. The number of aryl methyl sites for hydroxylation is 1. The van der Waals surface area contributed by atoms with Crippen LogP contribution in [0.2, 0.25) is 5.02 Å². The van der Waals surface area contributed by atoms with E-state index >= 15 is 0 Å². The van der Waals surface area contributed by atoms with E-state index in [0.29, 0.717) is 34.6 Å². The Morgan fingerprint density at radius 1 is 1.11 bits per heavy atom. The number of nitrogens with one attached hydrogen (secondary N) is 2. The molecule has 0 bridgehead atoms. The molecule has 1 aromatic heterocycles. The Bertz CT molecular complexity index is 768. The molecular weight excluding hydrogens is 382 g/mol. The van der Waals surface area contributed by atoms with Crippen molar-refractivity contribution < 1.29 is 9.59 Å². The van der Waals surface area contributed by atoms with E-state index in [2.05, 4.69) is 15.6 Å². The maximum atomic E-state index is 12.2. The Kier molecular flexibility index (Phi) is 7.24. The number of carbonyl (C=O) groups is 2. The minimum Gasteiger partial charge on any atom is -0.353 e. The number of anilines is 1. The van der Waals surface area contributed by atoms with Crippen LogP contribution >= 0.6 is 22.9 Å². The van der Waals surface area contributed by atoms with Crippen LogP contribution in [0.4, 0.5) is 5.13 Å². The second kappa shape index (κ2) is 9.85. The number of carbonyl (C=O) groups excluding carboxylic acids is 2. The third-order valence-corrected chi connectivity index (χ3v) is 5.77. The normalized spacial score (nSPS) is 15.1. The highest BCUT2D eigenvalue weighted by atomic mass is 35.5. The van der Waals surface area contributed by atoms with Gasteiger partial charge in [-0.05, 0) is 43.5 Å². The Morgan fingerprint density at radius 3 is 2.52 bits per heavy atom. The van der Waals surface area contributed by atoms with Gasteiger partial charge in [0.1, 0.15) is 0 Å². The SMILES string of the molecule is O=C(CCc1csc(NC(=O)c2ccc(Cl)cc2)n1)NC1CCCCCC1. The van der Waals surface area contributed by atoms with Crippen molar-refractivity contribution in [2.24, 2.45) is 0 Å². The molecule has 1 aliphatic rings. The molecule has 7 heteroatoms. The summed E-state index contributed by atoms with van der Waals surface area (Å²) >= 11 is 7.20. The van der Waals surface area contributed by atoms with Crippen LogP contribution in [0.3, 0.4) is 0 Å². The Balaban J connectivity index is 1.45. The van der Waals surface area contributed by atoms with Crippen LogP contribution in [0.15, 0.2) is 29.6 Å². The van der Waals surface area contributed by atoms with Gasteiger partial charge in [-0.25, -0.2) is 4.98 Å². The zero-order valence-corrected chi connectivity index (χ0v) is 16.7. The van der Waals surface area contributed by atoms with E-state index in [4.69, 9.17) is 11.6 Å². The topological polar surface area (TPSA) is 71.1 Å². The quantitative estimate of drug-likeness (QED) is 0.676. The largest absolute Gasteiger partial charge is 0.353 e. The molecule has 1 fully saturated rings. The number of benzene rings is 1. The highest BCUT2D eigenvalue weighted by molar-refractivity contribution is 7.14. The zero-order valence-electron chi connectivity index (χ0n) is 15.2. The zero-order chi connectivity index (χ0) is 19.1. The van der Waals surface area contributed by atoms with E-state index in [1.165, 1.54) is 37.0 Å². The summed E-state index contributed by atoms with van der Waals surface area (Å²) in [6.45, 7) is 0. The fourth-order valence-electron chi connectivity index (χ4n) is 3.21. The molecule has 1 heterocycles. The first-order valence-electron chi connectivity index (χ1n) is 9.41. The smallest absolute Gasteiger partial charge is 0.257 e. The third kappa shape index (κ3) is 6.33. The van der Waals surface area contributed by atoms with Gasteiger partial charge < -0.3 is 5.32 Å². The summed E-state index contributed by atoms with van der Waals surface area (Å²) in [5.74, 6) is -0.139. The van der Waals surface area contributed by atoms with Crippen molar-refractivity contribution in [2.75, 3.05) is 5.32 Å². The summed E-state index contributed by atoms with van der Waals surface area (Å²) in [4.78, 5) is 28.8. The van der Waals surface area contributed by atoms with Crippen molar-refractivity contribution in [2.45, 2.75) is 57.4 Å². The van der Waals surface area contributed by atoms with Gasteiger partial charge in [-0.2, -0.15) is 0 Å². The molecule has 0 unspecified atom stereocenters. The van der Waals surface area contributed by atoms with Crippen LogP contribution in [0.25, 0.3) is 0 Å². The maximum absolute atomic E-state index is 12.2. The van der Waals surface area contributed by atoms with Crippen molar-refractivity contribution in [3.8, 4) is 0 Å². The molecule has 0 spiro atoms. The highest BCUT2D eigenvalue weighted by Gasteiger charge is 2.15. The lowest BCUT2D eigenvalue weighted by Crippen LogP contribution is -2.34. The lowest BCUT2D eigenvalue weighted by molar-refractivity contribution is -0.121. The first-order valence-corrected chi connectivity index (χ1v) is 10.7. The van der Waals surface area contributed by atoms with Crippen LogP contribution in [0, 0.1) is 0 Å². The average Bonchev–Trinajstić information content (AvgIpc) is 2.94. The average molecular weight is 406 g/mol. The molecule has 0 aliphatic heterocycles. The molecule has 0 atom stereocenters. The molecule has 27 heavy (non-hydrogen) atoms. The summed E-state index contributed by atoms with van der Waals surface area (Å²) in [6, 6.07) is 7.02. The van der Waals surface area contributed by atoms with Crippen LogP contribution in [-0.2, 0) is 11.2 Å². The lowest BCUT2D eigenvalue weighted by Gasteiger charge is -2.15. The van der Waals surface area contributed by atoms with E-state index in [1.54, 1.807) is 24.3 Å². The predicted octanol–water partition coefficient (Wildman–Crippen LogP) is 4.82. The number of thiazole rings is 1. The second-order valence-corrected chi connectivity index (χ2v) is 8.16. The number of rotatable bonds is 6. The molecule has 2 amide bonds. The van der Waals surface area contributed by atoms with Crippen molar-refractivity contribution in [1.29, 1.82) is 0 Å². The highest BCUT2D eigenvalue weighted by Crippen LogP contribution is 2.19. The number of amides is 2. The number of hydrogen-bond acceptors (Lipinski definition) is 4. The first-order chi connectivity index (χ1) is 13.1. The van der Waals surface area contributed by atoms with E-state index in [0.717, 1.165) is 18.5 Å². The van der Waals surface area contributed by atoms with Crippen molar-refractivity contribution in [3.63, 3.8) is 0 Å². The summed E-state index contributed by atoms with van der Waals surface area (Å²) in [6.07, 6.45) is 8.12. The number of aromatic nitrogens is 1. The molecule has 0 radical (unpaired) electrons. The van der Waals surface area contributed by atoms with Crippen molar-refractivity contribution in [3.05, 3.63) is 45.9 Å². The molecule has 1 aromatic carbocycles. The van der Waals surface area contributed by atoms with Crippen molar-refractivity contribution >= 4 is 39.9 Å². The van der Waals surface area contributed by atoms with Crippen LogP contribution in [0.5, 0.6) is 0 Å². The van der Waals surface area contributed by atoms with Gasteiger partial charge in [0.15, 0.2) is 5.13 Å². The second-order valence-electron chi connectivity index (χ2n) is 6.86. The van der Waals surface area contributed by atoms with E-state index in [9.17, 15) is 9.59 Å². The fourth-order valence-corrected chi connectivity index (χ4v) is 4.08. The number of hydrogen-bond donors (Lipinski definition) is 2. The van der Waals surface area contributed by atoms with Gasteiger partial charge in [0.2, 0.25) is 5.91 Å². The molecule has 0 saturated heterocycles. The molecular formula is C20H24ClN3O2S. The minimum atomic E-state index is -0.223. The fraction of sp³-hybridized carbons (Fsp3) is 0.450. The van der Waals surface area contributed by atoms with Gasteiger partial charge in [0.25, 0.3) is 5.91 Å². The summed E-state index contributed by atoms with van der Waals surface area (Å²) in [5, 5.41) is 8.94. The van der Waals surface area contributed by atoms with Crippen LogP contribution < -0.4 is 10.6 Å². The molecule has 2 N–H and O–H groups in total. The summed E-state index contributed by atoms with van der Waals surface area (Å²) in [5.41, 5.74) is 1.35. The molecule has 144 valence electrons. The summed E-state index contributed by atoms with van der Waals surface area (Å²) < 4.78 is 0. The standard InChI is InChI=1S/C20H24ClN3O2S/c21-15-9-7-14(8-10-15)19(26)24-20-23-17(13-27-20)11-12-18(25)22-16-5-3-1-2-4-6-16/h7-10,13,16H,1-6,11-12H2,(H,22,25)(H,23,24,26). The number of nitrogens with zero attached hydrogens (tertiary/aromatic N) is 1. The van der Waals surface area contributed by atoms with E-state index < -0.39 is 0 Å². The molecule has 3 rings (SSSR count). The Labute approximate surface area is 168 Å². The van der Waals surface area contributed by atoms with Crippen molar-refractivity contribution in [1.82, 2.24) is 10.3 Å². The lowest BCUT2D eigenvalue weighted by atomic mass is 10.1. The molecule has 5 nitrogen and oxygen atoms in total. The minimum absolute atomic E-state index is 0.0849. The van der Waals surface area contributed by atoms with Crippen LogP contribution in [-0.4, -0.2) is 22.8 Å². The van der Waals surface area contributed by atoms with Gasteiger partial charge in [-0.1, -0.05) is 37.3 Å². The Hall–Kier alpha value is -1.92. The van der Waals surface area contributed by atoms with E-state index in [-0.39, 0.29) is 11.8 Å².